The first-order valence-corrected chi connectivity index (χ1v) is 21.6. The lowest BCUT2D eigenvalue weighted by atomic mass is 10.1. The maximum absolute atomic E-state index is 12.6. The molecule has 0 aliphatic heterocycles. The normalized spacial score (nSPS) is 14.5. The van der Waals surface area contributed by atoms with Crippen molar-refractivity contribution in [3.8, 4) is 0 Å². The summed E-state index contributed by atoms with van der Waals surface area (Å²) in [7, 11) is 1.11. The third-order valence-electron chi connectivity index (χ3n) is 8.00. The highest BCUT2D eigenvalue weighted by Crippen LogP contribution is 2.38. The second-order valence-corrected chi connectivity index (χ2v) is 15.7. The molecular weight excluding hydrogens is 689 g/mol. The van der Waals surface area contributed by atoms with Gasteiger partial charge in [-0.2, -0.15) is 0 Å². The zero-order valence-corrected chi connectivity index (χ0v) is 34.8. The van der Waals surface area contributed by atoms with Crippen LogP contribution in [0, 0.1) is 0 Å². The van der Waals surface area contributed by atoms with E-state index in [1.165, 1.54) is 44.9 Å². The van der Waals surface area contributed by atoms with Gasteiger partial charge in [-0.05, 0) is 51.4 Å². The van der Waals surface area contributed by atoms with Crippen molar-refractivity contribution in [2.75, 3.05) is 47.5 Å². The number of phosphoric acid groups is 1. The summed E-state index contributed by atoms with van der Waals surface area (Å²) in [6, 6.07) is 0. The molecule has 0 aromatic heterocycles. The number of hydrogen-bond acceptors (Lipinski definition) is 8. The molecule has 0 heterocycles. The lowest BCUT2D eigenvalue weighted by Crippen LogP contribution is -2.37. The fourth-order valence-electron chi connectivity index (χ4n) is 4.85. The number of likely N-dealkylation sites (N-methyl/N-ethyl adjacent to an activating group) is 1. The molecule has 53 heavy (non-hydrogen) atoms. The Morgan fingerprint density at radius 2 is 1.08 bits per heavy atom. The minimum absolute atomic E-state index is 0.0471. The molecule has 0 spiro atoms. The monoisotopic (exact) mass is 764 g/mol. The highest BCUT2D eigenvalue weighted by atomic mass is 31.2. The molecule has 0 aromatic carbocycles. The average molecular weight is 764 g/mol. The molecule has 9 nitrogen and oxygen atoms in total. The number of phosphoric ester groups is 1. The van der Waals surface area contributed by atoms with Gasteiger partial charge in [0.1, 0.15) is 19.8 Å². The number of carbonyl (C=O) groups is 2. The van der Waals surface area contributed by atoms with Gasteiger partial charge in [-0.15, -0.1) is 0 Å². The Balaban J connectivity index is 4.55. The minimum atomic E-state index is -4.64. The van der Waals surface area contributed by atoms with Gasteiger partial charge in [0.25, 0.3) is 7.82 Å². The lowest BCUT2D eigenvalue weighted by Gasteiger charge is -2.28. The molecule has 10 heteroatoms. The van der Waals surface area contributed by atoms with Crippen LogP contribution in [0.25, 0.3) is 0 Å². The number of quaternary nitrogens is 1. The van der Waals surface area contributed by atoms with Crippen molar-refractivity contribution < 1.29 is 42.1 Å². The summed E-state index contributed by atoms with van der Waals surface area (Å²) in [4.78, 5) is 37.3. The van der Waals surface area contributed by atoms with Gasteiger partial charge >= 0.3 is 11.9 Å². The zero-order chi connectivity index (χ0) is 39.3. The lowest BCUT2D eigenvalue weighted by molar-refractivity contribution is -0.870. The van der Waals surface area contributed by atoms with E-state index < -0.39 is 32.5 Å². The van der Waals surface area contributed by atoms with Crippen molar-refractivity contribution in [2.24, 2.45) is 0 Å². The predicted octanol–water partition coefficient (Wildman–Crippen LogP) is 10.4. The molecule has 0 rings (SSSR count). The molecule has 2 atom stereocenters. The Hall–Kier alpha value is -2.55. The van der Waals surface area contributed by atoms with Crippen LogP contribution in [0.15, 0.2) is 72.9 Å². The number of rotatable bonds is 35. The van der Waals surface area contributed by atoms with Crippen molar-refractivity contribution in [1.82, 2.24) is 0 Å². The average Bonchev–Trinajstić information content (AvgIpc) is 3.10. The minimum Gasteiger partial charge on any atom is -0.756 e. The Labute approximate surface area is 323 Å². The molecule has 0 N–H and O–H groups in total. The number of hydrogen-bond donors (Lipinski definition) is 0. The van der Waals surface area contributed by atoms with Crippen molar-refractivity contribution >= 4 is 19.8 Å². The van der Waals surface area contributed by atoms with E-state index in [9.17, 15) is 19.0 Å². The van der Waals surface area contributed by atoms with Crippen LogP contribution in [0.5, 0.6) is 0 Å². The number of ether oxygens (including phenoxy) is 2. The molecule has 0 aromatic rings. The first kappa shape index (κ1) is 50.5. The number of unbranched alkanes of at least 4 members (excludes halogenated alkanes) is 9. The molecule has 0 bridgehead atoms. The van der Waals surface area contributed by atoms with E-state index >= 15 is 0 Å². The third-order valence-corrected chi connectivity index (χ3v) is 8.97. The summed E-state index contributed by atoms with van der Waals surface area (Å²) in [6.07, 6.45) is 42.4. The van der Waals surface area contributed by atoms with Crippen molar-refractivity contribution in [1.29, 1.82) is 0 Å². The van der Waals surface area contributed by atoms with Crippen LogP contribution in [0.3, 0.4) is 0 Å². The summed E-state index contributed by atoms with van der Waals surface area (Å²) in [5.74, 6) is -0.941. The van der Waals surface area contributed by atoms with Gasteiger partial charge in [-0.1, -0.05) is 145 Å². The molecule has 0 fully saturated rings. The Bertz CT molecular complexity index is 1140. The molecule has 0 aliphatic rings. The van der Waals surface area contributed by atoms with Gasteiger partial charge in [-0.3, -0.25) is 14.2 Å². The summed E-state index contributed by atoms with van der Waals surface area (Å²) in [5, 5.41) is 0. The summed E-state index contributed by atoms with van der Waals surface area (Å²) in [5.41, 5.74) is 0. The van der Waals surface area contributed by atoms with Gasteiger partial charge < -0.3 is 27.9 Å². The SMILES string of the molecule is CC/C=C\C/C=C\C/C=C\C/C=C\C/C=C\C/C=C\CCC(=O)O[C@H](COC(=O)CCCCCCCCCCCC)COP(=O)([O-])OCC[N+](C)(C)C. The van der Waals surface area contributed by atoms with Crippen LogP contribution < -0.4 is 4.89 Å². The van der Waals surface area contributed by atoms with Crippen LogP contribution in [0.1, 0.15) is 136 Å². The van der Waals surface area contributed by atoms with Crippen LogP contribution >= 0.6 is 7.82 Å². The number of nitrogens with zero attached hydrogens (tertiary/aromatic N) is 1. The number of esters is 2. The summed E-state index contributed by atoms with van der Waals surface area (Å²) >= 11 is 0. The number of carbonyl (C=O) groups excluding carboxylic acids is 2. The number of allylic oxidation sites excluding steroid dienone is 12. The van der Waals surface area contributed by atoms with Crippen LogP contribution in [-0.4, -0.2) is 70.0 Å². The van der Waals surface area contributed by atoms with Crippen molar-refractivity contribution in [3.05, 3.63) is 72.9 Å². The van der Waals surface area contributed by atoms with E-state index in [1.807, 2.05) is 33.3 Å². The molecule has 304 valence electrons. The molecule has 0 saturated heterocycles. The fraction of sp³-hybridized carbons (Fsp3) is 0.674. The Kier molecular flexibility index (Phi) is 33.5. The molecule has 1 unspecified atom stereocenters. The van der Waals surface area contributed by atoms with Crippen molar-refractivity contribution in [3.63, 3.8) is 0 Å². The van der Waals surface area contributed by atoms with E-state index in [0.717, 1.165) is 57.8 Å². The standard InChI is InChI=1S/C43H74NO8P/c1-6-8-10-12-14-16-18-19-20-21-22-23-24-25-26-28-30-32-34-36-43(46)52-41(40-51-53(47,48)50-38-37-44(3,4)5)39-49-42(45)35-33-31-29-27-17-15-13-11-9-7-2/h8,10,14,16,19-20,22-23,25-26,30,32,41H,6-7,9,11-13,15,17-18,21,24,27-29,31,33-40H2,1-5H3/b10-8-,16-14-,20-19-,23-22-,26-25-,32-30-/t41-/m1/s1. The van der Waals surface area contributed by atoms with Crippen molar-refractivity contribution in [2.45, 2.75) is 142 Å². The molecule has 0 aliphatic carbocycles. The van der Waals surface area contributed by atoms with Crippen LogP contribution in [-0.2, 0) is 32.7 Å². The zero-order valence-electron chi connectivity index (χ0n) is 33.9. The van der Waals surface area contributed by atoms with Crippen LogP contribution in [0.2, 0.25) is 0 Å². The first-order chi connectivity index (χ1) is 25.5. The van der Waals surface area contributed by atoms with Crippen LogP contribution in [0.4, 0.5) is 0 Å². The molecule has 0 amide bonds. The third kappa shape index (κ3) is 39.0. The summed E-state index contributed by atoms with van der Waals surface area (Å²) < 4.78 is 33.7. The topological polar surface area (TPSA) is 111 Å². The molecular formula is C43H74NO8P. The first-order valence-electron chi connectivity index (χ1n) is 20.1. The molecule has 0 saturated carbocycles. The molecule has 0 radical (unpaired) electrons. The summed E-state index contributed by atoms with van der Waals surface area (Å²) in [6.45, 7) is 3.98. The van der Waals surface area contributed by atoms with Gasteiger partial charge in [0.05, 0.1) is 27.7 Å². The Morgan fingerprint density at radius 3 is 1.57 bits per heavy atom. The quantitative estimate of drug-likeness (QED) is 0.0206. The second kappa shape index (κ2) is 35.2. The van der Waals surface area contributed by atoms with E-state index in [1.54, 1.807) is 0 Å². The maximum Gasteiger partial charge on any atom is 0.306 e. The van der Waals surface area contributed by atoms with Gasteiger partial charge in [0, 0.05) is 12.8 Å². The van der Waals surface area contributed by atoms with E-state index in [-0.39, 0.29) is 26.1 Å². The van der Waals surface area contributed by atoms with Gasteiger partial charge in [0.2, 0.25) is 0 Å². The van der Waals surface area contributed by atoms with E-state index in [2.05, 4.69) is 74.6 Å². The second-order valence-electron chi connectivity index (χ2n) is 14.3. The highest BCUT2D eigenvalue weighted by Gasteiger charge is 2.21. The smallest absolute Gasteiger partial charge is 0.306 e. The Morgan fingerprint density at radius 1 is 0.604 bits per heavy atom. The maximum atomic E-state index is 12.6. The van der Waals surface area contributed by atoms with Gasteiger partial charge in [0.15, 0.2) is 6.10 Å². The van der Waals surface area contributed by atoms with E-state index in [4.69, 9.17) is 18.5 Å². The van der Waals surface area contributed by atoms with Gasteiger partial charge in [-0.25, -0.2) is 0 Å². The van der Waals surface area contributed by atoms with E-state index in [0.29, 0.717) is 17.4 Å². The highest BCUT2D eigenvalue weighted by molar-refractivity contribution is 7.45. The fourth-order valence-corrected chi connectivity index (χ4v) is 5.58. The predicted molar refractivity (Wildman–Crippen MR) is 217 cm³/mol. The largest absolute Gasteiger partial charge is 0.756 e.